The van der Waals surface area contributed by atoms with Gasteiger partial charge in [0.15, 0.2) is 0 Å². The van der Waals surface area contributed by atoms with Crippen molar-refractivity contribution in [2.24, 2.45) is 0 Å². The number of aromatic nitrogens is 1. The molecule has 0 saturated carbocycles. The average molecular weight is 403 g/mol. The number of amides is 1. The third-order valence-corrected chi connectivity index (χ3v) is 4.94. The SMILES string of the molecule is O=C1c2ccc(Cl)cc2CCN1c1cncc(-c2cccc(C(F)(F)F)c2)c1. The largest absolute Gasteiger partial charge is 0.416 e. The van der Waals surface area contributed by atoms with Crippen molar-refractivity contribution in [1.82, 2.24) is 4.98 Å². The maximum Gasteiger partial charge on any atom is 0.416 e. The van der Waals surface area contributed by atoms with Gasteiger partial charge in [0.2, 0.25) is 0 Å². The van der Waals surface area contributed by atoms with Crippen molar-refractivity contribution >= 4 is 23.2 Å². The van der Waals surface area contributed by atoms with E-state index in [2.05, 4.69) is 4.98 Å². The number of benzene rings is 2. The number of hydrogen-bond donors (Lipinski definition) is 0. The van der Waals surface area contributed by atoms with E-state index in [4.69, 9.17) is 11.6 Å². The lowest BCUT2D eigenvalue weighted by Gasteiger charge is -2.28. The van der Waals surface area contributed by atoms with Crippen LogP contribution in [0, 0.1) is 0 Å². The molecule has 0 aliphatic carbocycles. The van der Waals surface area contributed by atoms with Crippen LogP contribution >= 0.6 is 11.6 Å². The standard InChI is InChI=1S/C21H14ClF3N2O/c22-17-4-5-19-14(9-17)6-7-27(20(19)28)18-10-15(11-26-12-18)13-2-1-3-16(8-13)21(23,24)25/h1-5,8-12H,6-7H2. The third kappa shape index (κ3) is 3.47. The molecular formula is C21H14ClF3N2O. The van der Waals surface area contributed by atoms with Crippen LogP contribution in [0.5, 0.6) is 0 Å². The first kappa shape index (κ1) is 18.5. The van der Waals surface area contributed by atoms with Crippen LogP contribution in [-0.4, -0.2) is 17.4 Å². The molecular weight excluding hydrogens is 389 g/mol. The van der Waals surface area contributed by atoms with Gasteiger partial charge in [-0.25, -0.2) is 0 Å². The van der Waals surface area contributed by atoms with Gasteiger partial charge in [0.1, 0.15) is 0 Å². The van der Waals surface area contributed by atoms with E-state index in [9.17, 15) is 18.0 Å². The predicted molar refractivity (Wildman–Crippen MR) is 102 cm³/mol. The summed E-state index contributed by atoms with van der Waals surface area (Å²) in [5.74, 6) is -0.180. The molecule has 1 aromatic heterocycles. The van der Waals surface area contributed by atoms with Crippen molar-refractivity contribution < 1.29 is 18.0 Å². The fraction of sp³-hybridized carbons (Fsp3) is 0.143. The summed E-state index contributed by atoms with van der Waals surface area (Å²) in [6.07, 6.45) is -0.763. The number of pyridine rings is 1. The highest BCUT2D eigenvalue weighted by Gasteiger charge is 2.30. The molecule has 0 bridgehead atoms. The fourth-order valence-corrected chi connectivity index (χ4v) is 3.51. The monoisotopic (exact) mass is 402 g/mol. The van der Waals surface area contributed by atoms with E-state index >= 15 is 0 Å². The topological polar surface area (TPSA) is 33.2 Å². The van der Waals surface area contributed by atoms with Crippen LogP contribution in [-0.2, 0) is 12.6 Å². The maximum absolute atomic E-state index is 13.0. The Bertz CT molecular complexity index is 1070. The molecule has 0 N–H and O–H groups in total. The second-order valence-electron chi connectivity index (χ2n) is 6.52. The van der Waals surface area contributed by atoms with Gasteiger partial charge in [0.25, 0.3) is 5.91 Å². The van der Waals surface area contributed by atoms with E-state index in [0.29, 0.717) is 40.4 Å². The van der Waals surface area contributed by atoms with Crippen LogP contribution in [0.25, 0.3) is 11.1 Å². The molecule has 1 amide bonds. The van der Waals surface area contributed by atoms with Gasteiger partial charge in [0, 0.05) is 28.9 Å². The molecule has 0 saturated heterocycles. The van der Waals surface area contributed by atoms with Crippen molar-refractivity contribution in [3.05, 3.63) is 82.6 Å². The minimum Gasteiger partial charge on any atom is -0.306 e. The Kier molecular flexibility index (Phi) is 4.59. The van der Waals surface area contributed by atoms with Crippen LogP contribution in [0.3, 0.4) is 0 Å². The lowest BCUT2D eigenvalue weighted by molar-refractivity contribution is -0.137. The Morgan fingerprint density at radius 1 is 1.00 bits per heavy atom. The molecule has 0 spiro atoms. The van der Waals surface area contributed by atoms with Gasteiger partial charge in [-0.3, -0.25) is 9.78 Å². The van der Waals surface area contributed by atoms with E-state index in [1.54, 1.807) is 35.2 Å². The third-order valence-electron chi connectivity index (χ3n) is 4.71. The van der Waals surface area contributed by atoms with Crippen molar-refractivity contribution in [1.29, 1.82) is 0 Å². The summed E-state index contributed by atoms with van der Waals surface area (Å²) in [4.78, 5) is 18.6. The first-order valence-corrected chi connectivity index (χ1v) is 8.94. The lowest BCUT2D eigenvalue weighted by Crippen LogP contribution is -2.37. The summed E-state index contributed by atoms with van der Waals surface area (Å²) >= 11 is 6.00. The van der Waals surface area contributed by atoms with Crippen LogP contribution in [0.4, 0.5) is 18.9 Å². The summed E-state index contributed by atoms with van der Waals surface area (Å²) in [6.45, 7) is 0.444. The molecule has 3 aromatic rings. The minimum atomic E-state index is -4.42. The van der Waals surface area contributed by atoms with Crippen molar-refractivity contribution in [3.63, 3.8) is 0 Å². The summed E-state index contributed by atoms with van der Waals surface area (Å²) in [7, 11) is 0. The number of halogens is 4. The molecule has 2 heterocycles. The van der Waals surface area contributed by atoms with E-state index in [-0.39, 0.29) is 5.91 Å². The molecule has 2 aromatic carbocycles. The number of hydrogen-bond acceptors (Lipinski definition) is 2. The minimum absolute atomic E-state index is 0.180. The number of alkyl halides is 3. The molecule has 0 atom stereocenters. The number of rotatable bonds is 2. The molecule has 142 valence electrons. The van der Waals surface area contributed by atoms with Crippen molar-refractivity contribution in [2.75, 3.05) is 11.4 Å². The predicted octanol–water partition coefficient (Wildman–Crippen LogP) is 5.62. The second-order valence-corrected chi connectivity index (χ2v) is 6.96. The molecule has 7 heteroatoms. The Labute approximate surface area is 164 Å². The number of anilines is 1. The molecule has 0 fully saturated rings. The summed E-state index contributed by atoms with van der Waals surface area (Å²) < 4.78 is 39.0. The average Bonchev–Trinajstić information content (AvgIpc) is 2.68. The quantitative estimate of drug-likeness (QED) is 0.557. The first-order valence-electron chi connectivity index (χ1n) is 8.56. The van der Waals surface area contributed by atoms with Gasteiger partial charge in [-0.15, -0.1) is 0 Å². The molecule has 0 unspecified atom stereocenters. The van der Waals surface area contributed by atoms with Crippen LogP contribution in [0.2, 0.25) is 5.02 Å². The van der Waals surface area contributed by atoms with Gasteiger partial charge >= 0.3 is 6.18 Å². The zero-order valence-corrected chi connectivity index (χ0v) is 15.3. The zero-order valence-electron chi connectivity index (χ0n) is 14.5. The number of carbonyl (C=O) groups excluding carboxylic acids is 1. The Hall–Kier alpha value is -2.86. The van der Waals surface area contributed by atoms with Crippen molar-refractivity contribution in [2.45, 2.75) is 12.6 Å². The van der Waals surface area contributed by atoms with Gasteiger partial charge < -0.3 is 4.90 Å². The highest BCUT2D eigenvalue weighted by molar-refractivity contribution is 6.30. The highest BCUT2D eigenvalue weighted by Crippen LogP contribution is 2.33. The van der Waals surface area contributed by atoms with E-state index in [1.807, 2.05) is 0 Å². The van der Waals surface area contributed by atoms with Gasteiger partial charge in [-0.2, -0.15) is 13.2 Å². The lowest BCUT2D eigenvalue weighted by atomic mass is 9.98. The Balaban J connectivity index is 1.69. The maximum atomic E-state index is 13.0. The molecule has 0 radical (unpaired) electrons. The highest BCUT2D eigenvalue weighted by atomic mass is 35.5. The van der Waals surface area contributed by atoms with Gasteiger partial charge in [0.05, 0.1) is 17.4 Å². The molecule has 3 nitrogen and oxygen atoms in total. The second kappa shape index (κ2) is 6.95. The zero-order chi connectivity index (χ0) is 19.9. The Morgan fingerprint density at radius 2 is 1.82 bits per heavy atom. The van der Waals surface area contributed by atoms with Crippen molar-refractivity contribution in [3.8, 4) is 11.1 Å². The summed E-state index contributed by atoms with van der Waals surface area (Å²) in [6, 6.07) is 11.9. The van der Waals surface area contributed by atoms with E-state index < -0.39 is 11.7 Å². The van der Waals surface area contributed by atoms with Crippen LogP contribution < -0.4 is 4.90 Å². The van der Waals surface area contributed by atoms with Crippen LogP contribution in [0.15, 0.2) is 60.9 Å². The van der Waals surface area contributed by atoms with Gasteiger partial charge in [-0.1, -0.05) is 23.7 Å². The Morgan fingerprint density at radius 3 is 2.61 bits per heavy atom. The summed E-state index contributed by atoms with van der Waals surface area (Å²) in [5, 5.41) is 0.577. The van der Waals surface area contributed by atoms with E-state index in [0.717, 1.165) is 17.7 Å². The number of carbonyl (C=O) groups is 1. The number of nitrogens with zero attached hydrogens (tertiary/aromatic N) is 2. The van der Waals surface area contributed by atoms with Crippen LogP contribution in [0.1, 0.15) is 21.5 Å². The molecule has 1 aliphatic heterocycles. The van der Waals surface area contributed by atoms with E-state index in [1.165, 1.54) is 18.5 Å². The number of fused-ring (bicyclic) bond motifs is 1. The fourth-order valence-electron chi connectivity index (χ4n) is 3.31. The van der Waals surface area contributed by atoms with Gasteiger partial charge in [-0.05, 0) is 53.9 Å². The molecule has 4 rings (SSSR count). The smallest absolute Gasteiger partial charge is 0.306 e. The first-order chi connectivity index (χ1) is 13.3. The molecule has 1 aliphatic rings. The molecule has 28 heavy (non-hydrogen) atoms. The summed E-state index contributed by atoms with van der Waals surface area (Å²) in [5.41, 5.74) is 2.17. The normalized spacial score (nSPS) is 14.1.